The Morgan fingerprint density at radius 3 is 2.90 bits per heavy atom. The summed E-state index contributed by atoms with van der Waals surface area (Å²) >= 11 is 0. The predicted octanol–water partition coefficient (Wildman–Crippen LogP) is 2.00. The Morgan fingerprint density at radius 2 is 2.10 bits per heavy atom. The monoisotopic (exact) mass is 137 g/mol. The molecule has 2 atom stereocenters. The van der Waals surface area contributed by atoms with E-state index in [2.05, 4.69) is 24.2 Å². The maximum atomic E-state index is 2.38. The molecule has 56 valence electrons. The number of hydrogen-bond donors (Lipinski definition) is 0. The van der Waals surface area contributed by atoms with E-state index < -0.39 is 0 Å². The molecule has 10 heavy (non-hydrogen) atoms. The molecule has 1 heteroatoms. The van der Waals surface area contributed by atoms with Crippen LogP contribution in [-0.2, 0) is 0 Å². The van der Waals surface area contributed by atoms with Crippen LogP contribution in [0.5, 0.6) is 0 Å². The van der Waals surface area contributed by atoms with E-state index >= 15 is 0 Å². The van der Waals surface area contributed by atoms with Gasteiger partial charge in [-0.2, -0.15) is 0 Å². The molecule has 0 radical (unpaired) electrons. The Morgan fingerprint density at radius 1 is 1.30 bits per heavy atom. The van der Waals surface area contributed by atoms with Crippen molar-refractivity contribution in [2.45, 2.75) is 31.7 Å². The number of hydrogen-bond acceptors (Lipinski definition) is 1. The lowest BCUT2D eigenvalue weighted by atomic mass is 9.86. The average molecular weight is 137 g/mol. The summed E-state index contributed by atoms with van der Waals surface area (Å²) in [5.41, 5.74) is 0. The first-order chi connectivity index (χ1) is 4.88. The van der Waals surface area contributed by atoms with Gasteiger partial charge in [0.25, 0.3) is 0 Å². The van der Waals surface area contributed by atoms with Crippen LogP contribution in [0.1, 0.15) is 25.7 Å². The van der Waals surface area contributed by atoms with Gasteiger partial charge in [-0.05, 0) is 25.0 Å². The Labute approximate surface area is 62.7 Å². The second kappa shape index (κ2) is 2.30. The van der Waals surface area contributed by atoms with Crippen LogP contribution in [0, 0.1) is 5.92 Å². The van der Waals surface area contributed by atoms with Crippen molar-refractivity contribution >= 4 is 0 Å². The van der Waals surface area contributed by atoms with Crippen molar-refractivity contribution in [3.63, 3.8) is 0 Å². The zero-order valence-corrected chi connectivity index (χ0v) is 6.59. The van der Waals surface area contributed by atoms with Crippen LogP contribution < -0.4 is 0 Å². The molecule has 1 nitrogen and oxygen atoms in total. The van der Waals surface area contributed by atoms with Gasteiger partial charge < -0.3 is 4.90 Å². The third-order valence-electron chi connectivity index (χ3n) is 2.87. The van der Waals surface area contributed by atoms with Gasteiger partial charge >= 0.3 is 0 Å². The third-order valence-corrected chi connectivity index (χ3v) is 2.87. The number of nitrogens with zero attached hydrogens (tertiary/aromatic N) is 1. The van der Waals surface area contributed by atoms with Gasteiger partial charge in [-0.15, -0.1) is 0 Å². The minimum atomic E-state index is 0.855. The summed E-state index contributed by atoms with van der Waals surface area (Å²) in [4.78, 5) is 2.38. The molecule has 2 rings (SSSR count). The molecule has 2 unspecified atom stereocenters. The first-order valence-electron chi connectivity index (χ1n) is 4.28. The summed E-state index contributed by atoms with van der Waals surface area (Å²) in [5, 5.41) is 0. The van der Waals surface area contributed by atoms with Crippen LogP contribution in [0.15, 0.2) is 12.3 Å². The van der Waals surface area contributed by atoms with Gasteiger partial charge in [-0.3, -0.25) is 0 Å². The van der Waals surface area contributed by atoms with E-state index in [1.54, 1.807) is 0 Å². The summed E-state index contributed by atoms with van der Waals surface area (Å²) < 4.78 is 0. The standard InChI is InChI=1S/C9H15N/c1-10-7-6-8-4-2-3-5-9(8)10/h6-9H,2-5H2,1H3. The van der Waals surface area contributed by atoms with Gasteiger partial charge in [0, 0.05) is 13.1 Å². The topological polar surface area (TPSA) is 3.24 Å². The van der Waals surface area contributed by atoms with E-state index in [0.717, 1.165) is 12.0 Å². The van der Waals surface area contributed by atoms with Crippen molar-refractivity contribution in [1.82, 2.24) is 4.90 Å². The first kappa shape index (κ1) is 6.26. The largest absolute Gasteiger partial charge is 0.377 e. The fourth-order valence-corrected chi connectivity index (χ4v) is 2.23. The molecule has 2 aliphatic rings. The maximum Gasteiger partial charge on any atom is 0.0344 e. The second-order valence-corrected chi connectivity index (χ2v) is 3.52. The molecular formula is C9H15N. The highest BCUT2D eigenvalue weighted by atomic mass is 15.1. The Balaban J connectivity index is 2.07. The quantitative estimate of drug-likeness (QED) is 0.493. The van der Waals surface area contributed by atoms with Gasteiger partial charge in [0.15, 0.2) is 0 Å². The molecule has 0 aromatic rings. The fourth-order valence-electron chi connectivity index (χ4n) is 2.23. The van der Waals surface area contributed by atoms with Crippen LogP contribution in [0.2, 0.25) is 0 Å². The molecule has 1 fully saturated rings. The molecule has 0 amide bonds. The molecule has 0 saturated heterocycles. The first-order valence-corrected chi connectivity index (χ1v) is 4.28. The van der Waals surface area contributed by atoms with Gasteiger partial charge in [-0.1, -0.05) is 18.9 Å². The number of fused-ring (bicyclic) bond motifs is 1. The van der Waals surface area contributed by atoms with Crippen molar-refractivity contribution in [3.8, 4) is 0 Å². The third kappa shape index (κ3) is 0.845. The van der Waals surface area contributed by atoms with Gasteiger partial charge in [0.1, 0.15) is 0 Å². The van der Waals surface area contributed by atoms with Crippen LogP contribution in [0.4, 0.5) is 0 Å². The highest BCUT2D eigenvalue weighted by Gasteiger charge is 2.28. The van der Waals surface area contributed by atoms with E-state index in [4.69, 9.17) is 0 Å². The maximum absolute atomic E-state index is 2.38. The molecule has 1 saturated carbocycles. The van der Waals surface area contributed by atoms with Gasteiger partial charge in [-0.25, -0.2) is 0 Å². The van der Waals surface area contributed by atoms with Crippen molar-refractivity contribution in [3.05, 3.63) is 12.3 Å². The number of rotatable bonds is 0. The minimum Gasteiger partial charge on any atom is -0.377 e. The molecule has 0 aromatic carbocycles. The smallest absolute Gasteiger partial charge is 0.0344 e. The summed E-state index contributed by atoms with van der Waals surface area (Å²) in [6.45, 7) is 0. The molecule has 1 heterocycles. The molecule has 0 aromatic heterocycles. The highest BCUT2D eigenvalue weighted by Crippen LogP contribution is 2.32. The summed E-state index contributed by atoms with van der Waals surface area (Å²) in [6, 6.07) is 0.855. The van der Waals surface area contributed by atoms with Crippen molar-refractivity contribution in [2.75, 3.05) is 7.05 Å². The van der Waals surface area contributed by atoms with Crippen LogP contribution in [0.25, 0.3) is 0 Å². The zero-order chi connectivity index (χ0) is 6.97. The van der Waals surface area contributed by atoms with E-state index in [-0.39, 0.29) is 0 Å². The molecule has 1 aliphatic heterocycles. The van der Waals surface area contributed by atoms with Crippen molar-refractivity contribution < 1.29 is 0 Å². The van der Waals surface area contributed by atoms with Crippen LogP contribution in [-0.4, -0.2) is 18.0 Å². The molecule has 0 spiro atoms. The van der Waals surface area contributed by atoms with Crippen molar-refractivity contribution in [1.29, 1.82) is 0 Å². The van der Waals surface area contributed by atoms with E-state index in [0.29, 0.717) is 0 Å². The normalized spacial score (nSPS) is 38.3. The minimum absolute atomic E-state index is 0.855. The fraction of sp³-hybridized carbons (Fsp3) is 0.778. The lowest BCUT2D eigenvalue weighted by molar-refractivity contribution is 0.233. The SMILES string of the molecule is CN1C=CC2CCCCC21. The Bertz CT molecular complexity index is 151. The van der Waals surface area contributed by atoms with Gasteiger partial charge in [0.2, 0.25) is 0 Å². The highest BCUT2D eigenvalue weighted by molar-refractivity contribution is 5.04. The van der Waals surface area contributed by atoms with E-state index in [9.17, 15) is 0 Å². The van der Waals surface area contributed by atoms with E-state index in [1.807, 2.05) is 0 Å². The summed E-state index contributed by atoms with van der Waals surface area (Å²) in [5.74, 6) is 0.888. The molecule has 0 N–H and O–H groups in total. The summed E-state index contributed by atoms with van der Waals surface area (Å²) in [7, 11) is 2.20. The Kier molecular flexibility index (Phi) is 1.44. The predicted molar refractivity (Wildman–Crippen MR) is 42.6 cm³/mol. The lowest BCUT2D eigenvalue weighted by Gasteiger charge is -2.30. The molecule has 0 bridgehead atoms. The van der Waals surface area contributed by atoms with Crippen LogP contribution >= 0.6 is 0 Å². The summed E-state index contributed by atoms with van der Waals surface area (Å²) in [6.07, 6.45) is 10.3. The lowest BCUT2D eigenvalue weighted by Crippen LogP contribution is -2.31. The zero-order valence-electron chi connectivity index (χ0n) is 6.59. The average Bonchev–Trinajstić information content (AvgIpc) is 2.34. The Hall–Kier alpha value is -0.460. The van der Waals surface area contributed by atoms with Crippen LogP contribution in [0.3, 0.4) is 0 Å². The molecular weight excluding hydrogens is 122 g/mol. The van der Waals surface area contributed by atoms with E-state index in [1.165, 1.54) is 25.7 Å². The van der Waals surface area contributed by atoms with Crippen molar-refractivity contribution in [2.24, 2.45) is 5.92 Å². The van der Waals surface area contributed by atoms with Gasteiger partial charge in [0.05, 0.1) is 0 Å². The molecule has 1 aliphatic carbocycles. The second-order valence-electron chi connectivity index (χ2n) is 3.52.